The van der Waals surface area contributed by atoms with E-state index in [2.05, 4.69) is 19.2 Å². The van der Waals surface area contributed by atoms with E-state index < -0.39 is 0 Å². The maximum absolute atomic E-state index is 5.74. The summed E-state index contributed by atoms with van der Waals surface area (Å²) in [5.74, 6) is 1.59. The van der Waals surface area contributed by atoms with Crippen molar-refractivity contribution >= 4 is 0 Å². The topological polar surface area (TPSA) is 39.7 Å². The minimum atomic E-state index is -0.141. The molecule has 0 aromatic heterocycles. The van der Waals surface area contributed by atoms with E-state index in [1.54, 1.807) is 0 Å². The summed E-state index contributed by atoms with van der Waals surface area (Å²) in [5, 5.41) is 3.34. The van der Waals surface area contributed by atoms with Crippen LogP contribution in [-0.2, 0) is 4.74 Å². The van der Waals surface area contributed by atoms with Crippen LogP contribution < -0.4 is 14.8 Å². The summed E-state index contributed by atoms with van der Waals surface area (Å²) in [6, 6.07) is 7.74. The summed E-state index contributed by atoms with van der Waals surface area (Å²) in [5.41, 5.74) is -0.141. The number of rotatable bonds is 10. The Labute approximate surface area is 122 Å². The minimum Gasteiger partial charge on any atom is -0.490 e. The molecular weight excluding hydrogens is 254 g/mol. The molecule has 0 unspecified atom stereocenters. The fourth-order valence-corrected chi connectivity index (χ4v) is 1.91. The predicted molar refractivity (Wildman–Crippen MR) is 81.7 cm³/mol. The second-order valence-electron chi connectivity index (χ2n) is 5.10. The molecule has 0 saturated carbocycles. The monoisotopic (exact) mass is 281 g/mol. The fraction of sp³-hybridized carbons (Fsp3) is 0.625. The van der Waals surface area contributed by atoms with Crippen LogP contribution in [0.1, 0.15) is 27.7 Å². The quantitative estimate of drug-likeness (QED) is 0.669. The third-order valence-electron chi connectivity index (χ3n) is 2.77. The zero-order chi connectivity index (χ0) is 14.8. The molecule has 4 nitrogen and oxygen atoms in total. The summed E-state index contributed by atoms with van der Waals surface area (Å²) in [6.45, 7) is 11.7. The van der Waals surface area contributed by atoms with E-state index in [1.165, 1.54) is 0 Å². The number of nitrogens with one attached hydrogen (secondary N) is 1. The zero-order valence-corrected chi connectivity index (χ0v) is 13.1. The summed E-state index contributed by atoms with van der Waals surface area (Å²) in [4.78, 5) is 0. The van der Waals surface area contributed by atoms with Crippen molar-refractivity contribution in [2.24, 2.45) is 0 Å². The molecule has 1 N–H and O–H groups in total. The molecule has 0 atom stereocenters. The number of hydrogen-bond acceptors (Lipinski definition) is 4. The van der Waals surface area contributed by atoms with E-state index in [4.69, 9.17) is 14.2 Å². The van der Waals surface area contributed by atoms with Gasteiger partial charge in [-0.25, -0.2) is 0 Å². The van der Waals surface area contributed by atoms with Gasteiger partial charge in [0.15, 0.2) is 11.5 Å². The maximum atomic E-state index is 5.74. The van der Waals surface area contributed by atoms with E-state index in [1.807, 2.05) is 38.1 Å². The minimum absolute atomic E-state index is 0.141. The molecule has 0 saturated heterocycles. The van der Waals surface area contributed by atoms with E-state index >= 15 is 0 Å². The molecule has 0 amide bonds. The van der Waals surface area contributed by atoms with Gasteiger partial charge in [-0.15, -0.1) is 0 Å². The molecule has 1 aromatic rings. The van der Waals surface area contributed by atoms with E-state index in [9.17, 15) is 0 Å². The molecule has 1 rings (SSSR count). The van der Waals surface area contributed by atoms with Crippen LogP contribution in [0.3, 0.4) is 0 Å². The van der Waals surface area contributed by atoms with Gasteiger partial charge in [0.25, 0.3) is 0 Å². The van der Waals surface area contributed by atoms with Crippen LogP contribution in [-0.4, -0.2) is 38.5 Å². The van der Waals surface area contributed by atoms with Gasteiger partial charge in [0.1, 0.15) is 6.61 Å². The number of hydrogen-bond donors (Lipinski definition) is 1. The van der Waals surface area contributed by atoms with Crippen molar-refractivity contribution in [1.82, 2.24) is 5.32 Å². The summed E-state index contributed by atoms with van der Waals surface area (Å²) in [6.07, 6.45) is 0. The molecule has 114 valence electrons. The maximum Gasteiger partial charge on any atom is 0.161 e. The summed E-state index contributed by atoms with van der Waals surface area (Å²) >= 11 is 0. The SMILES string of the molecule is CCOc1ccccc1OCCNCC(C)(C)OCC. The van der Waals surface area contributed by atoms with Crippen molar-refractivity contribution in [1.29, 1.82) is 0 Å². The highest BCUT2D eigenvalue weighted by Gasteiger charge is 2.16. The third-order valence-corrected chi connectivity index (χ3v) is 2.77. The average Bonchev–Trinajstić information content (AvgIpc) is 2.40. The van der Waals surface area contributed by atoms with Gasteiger partial charge in [0.2, 0.25) is 0 Å². The Hall–Kier alpha value is -1.26. The molecular formula is C16H27NO3. The van der Waals surface area contributed by atoms with E-state index in [0.717, 1.165) is 31.2 Å². The molecule has 1 aromatic carbocycles. The Kier molecular flexibility index (Phi) is 7.41. The lowest BCUT2D eigenvalue weighted by Gasteiger charge is -2.25. The predicted octanol–water partition coefficient (Wildman–Crippen LogP) is 2.87. The van der Waals surface area contributed by atoms with Crippen molar-refractivity contribution in [3.63, 3.8) is 0 Å². The van der Waals surface area contributed by atoms with Gasteiger partial charge in [-0.1, -0.05) is 12.1 Å². The largest absolute Gasteiger partial charge is 0.490 e. The van der Waals surface area contributed by atoms with Crippen LogP contribution in [0.4, 0.5) is 0 Å². The first-order valence-corrected chi connectivity index (χ1v) is 7.28. The molecule has 0 radical (unpaired) electrons. The molecule has 0 aliphatic carbocycles. The first-order valence-electron chi connectivity index (χ1n) is 7.28. The van der Waals surface area contributed by atoms with Crippen LogP contribution in [0, 0.1) is 0 Å². The number of ether oxygens (including phenoxy) is 3. The van der Waals surface area contributed by atoms with Gasteiger partial charge >= 0.3 is 0 Å². The van der Waals surface area contributed by atoms with Gasteiger partial charge in [-0.2, -0.15) is 0 Å². The molecule has 4 heteroatoms. The second kappa shape index (κ2) is 8.82. The Balaban J connectivity index is 2.28. The smallest absolute Gasteiger partial charge is 0.161 e. The van der Waals surface area contributed by atoms with Crippen molar-refractivity contribution in [3.05, 3.63) is 24.3 Å². The van der Waals surface area contributed by atoms with Crippen LogP contribution in [0.15, 0.2) is 24.3 Å². The van der Waals surface area contributed by atoms with Crippen molar-refractivity contribution < 1.29 is 14.2 Å². The standard InChI is InChI=1S/C16H27NO3/c1-5-18-14-9-7-8-10-15(14)19-12-11-17-13-16(3,4)20-6-2/h7-10,17H,5-6,11-13H2,1-4H3. The van der Waals surface area contributed by atoms with Crippen LogP contribution in [0.2, 0.25) is 0 Å². The second-order valence-corrected chi connectivity index (χ2v) is 5.10. The first-order chi connectivity index (χ1) is 9.59. The Morgan fingerprint density at radius 3 is 2.25 bits per heavy atom. The van der Waals surface area contributed by atoms with Crippen LogP contribution >= 0.6 is 0 Å². The molecule has 0 spiro atoms. The Bertz CT molecular complexity index is 380. The summed E-state index contributed by atoms with van der Waals surface area (Å²) in [7, 11) is 0. The lowest BCUT2D eigenvalue weighted by atomic mass is 10.1. The van der Waals surface area contributed by atoms with Crippen molar-refractivity contribution in [2.75, 3.05) is 32.9 Å². The molecule has 0 heterocycles. The van der Waals surface area contributed by atoms with E-state index in [0.29, 0.717) is 13.2 Å². The highest BCUT2D eigenvalue weighted by molar-refractivity contribution is 5.39. The third kappa shape index (κ3) is 6.26. The van der Waals surface area contributed by atoms with Crippen LogP contribution in [0.25, 0.3) is 0 Å². The fourth-order valence-electron chi connectivity index (χ4n) is 1.91. The molecule has 0 aliphatic rings. The average molecular weight is 281 g/mol. The van der Waals surface area contributed by atoms with Crippen molar-refractivity contribution in [3.8, 4) is 11.5 Å². The molecule has 0 fully saturated rings. The number of benzene rings is 1. The van der Waals surface area contributed by atoms with Gasteiger partial charge in [0, 0.05) is 19.7 Å². The Morgan fingerprint density at radius 1 is 1.00 bits per heavy atom. The number of para-hydroxylation sites is 2. The van der Waals surface area contributed by atoms with Gasteiger partial charge < -0.3 is 19.5 Å². The van der Waals surface area contributed by atoms with Gasteiger partial charge in [-0.3, -0.25) is 0 Å². The first kappa shape index (κ1) is 16.8. The Morgan fingerprint density at radius 2 is 1.65 bits per heavy atom. The molecule has 0 bridgehead atoms. The lowest BCUT2D eigenvalue weighted by molar-refractivity contribution is -0.00903. The molecule has 0 aliphatic heterocycles. The molecule has 20 heavy (non-hydrogen) atoms. The lowest BCUT2D eigenvalue weighted by Crippen LogP contribution is -2.39. The highest BCUT2D eigenvalue weighted by atomic mass is 16.5. The zero-order valence-electron chi connectivity index (χ0n) is 13.1. The summed E-state index contributed by atoms with van der Waals surface area (Å²) < 4.78 is 16.9. The van der Waals surface area contributed by atoms with Gasteiger partial charge in [-0.05, 0) is 39.8 Å². The van der Waals surface area contributed by atoms with E-state index in [-0.39, 0.29) is 5.60 Å². The van der Waals surface area contributed by atoms with Crippen molar-refractivity contribution in [2.45, 2.75) is 33.3 Å². The van der Waals surface area contributed by atoms with Crippen LogP contribution in [0.5, 0.6) is 11.5 Å². The normalized spacial score (nSPS) is 11.4. The highest BCUT2D eigenvalue weighted by Crippen LogP contribution is 2.25. The van der Waals surface area contributed by atoms with Gasteiger partial charge in [0.05, 0.1) is 12.2 Å².